The number of fused-ring (bicyclic) bond motifs is 1. The number of pyridine rings is 2. The molecule has 0 aliphatic heterocycles. The fraction of sp³-hybridized carbons (Fsp3) is 0.474. The smallest absolute Gasteiger partial charge is 0.256 e. The van der Waals surface area contributed by atoms with Gasteiger partial charge in [0.2, 0.25) is 0 Å². The summed E-state index contributed by atoms with van der Waals surface area (Å²) in [5, 5.41) is 0. The van der Waals surface area contributed by atoms with E-state index in [1.807, 2.05) is 29.7 Å². The van der Waals surface area contributed by atoms with Crippen LogP contribution in [0.1, 0.15) is 49.3 Å². The van der Waals surface area contributed by atoms with Gasteiger partial charge in [0.1, 0.15) is 5.82 Å². The molecule has 0 N–H and O–H groups in total. The third kappa shape index (κ3) is 2.20. The monoisotopic (exact) mass is 294 g/mol. The molecular formula is C19H22N2O. The summed E-state index contributed by atoms with van der Waals surface area (Å²) < 4.78 is 1.85. The van der Waals surface area contributed by atoms with Crippen LogP contribution in [-0.2, 0) is 0 Å². The molecule has 4 rings (SSSR count). The minimum Gasteiger partial charge on any atom is -0.269 e. The van der Waals surface area contributed by atoms with Crippen LogP contribution in [0.15, 0.2) is 41.3 Å². The highest BCUT2D eigenvalue weighted by atomic mass is 16.1. The zero-order chi connectivity index (χ0) is 15.1. The van der Waals surface area contributed by atoms with Crippen molar-refractivity contribution < 1.29 is 0 Å². The lowest BCUT2D eigenvalue weighted by Crippen LogP contribution is -2.25. The van der Waals surface area contributed by atoms with Crippen molar-refractivity contribution in [3.8, 4) is 5.82 Å². The number of aromatic nitrogens is 2. The molecule has 0 saturated heterocycles. The highest BCUT2D eigenvalue weighted by molar-refractivity contribution is 5.32. The molecule has 2 fully saturated rings. The minimum absolute atomic E-state index is 0.0389. The Balaban J connectivity index is 1.84. The standard InChI is InChI=1S/C19H22N2O/c1-13-10-11-20-18(12-13)21-17(6-3-7-19(21)22)16-9-8-14-4-2-5-15(14)16/h3,6-7,10-12,14-16H,2,4-5,8-9H2,1H3/t14-,15-,16?/m1/s1. The maximum Gasteiger partial charge on any atom is 0.256 e. The van der Waals surface area contributed by atoms with Crippen LogP contribution in [0.25, 0.3) is 5.82 Å². The van der Waals surface area contributed by atoms with Crippen molar-refractivity contribution in [1.29, 1.82) is 0 Å². The molecule has 1 unspecified atom stereocenters. The first-order chi connectivity index (χ1) is 10.7. The van der Waals surface area contributed by atoms with Gasteiger partial charge in [0, 0.05) is 23.9 Å². The summed E-state index contributed by atoms with van der Waals surface area (Å²) in [5.41, 5.74) is 2.34. The first-order valence-electron chi connectivity index (χ1n) is 8.39. The predicted molar refractivity (Wildman–Crippen MR) is 87.4 cm³/mol. The lowest BCUT2D eigenvalue weighted by molar-refractivity contribution is 0.413. The van der Waals surface area contributed by atoms with E-state index in [4.69, 9.17) is 0 Å². The van der Waals surface area contributed by atoms with Crippen molar-refractivity contribution in [3.05, 3.63) is 58.1 Å². The number of hydrogen-bond donors (Lipinski definition) is 0. The first-order valence-corrected chi connectivity index (χ1v) is 8.39. The van der Waals surface area contributed by atoms with E-state index >= 15 is 0 Å². The predicted octanol–water partition coefficient (Wildman–Crippen LogP) is 3.83. The topological polar surface area (TPSA) is 34.9 Å². The van der Waals surface area contributed by atoms with Crippen molar-refractivity contribution in [2.24, 2.45) is 11.8 Å². The van der Waals surface area contributed by atoms with Crippen molar-refractivity contribution in [1.82, 2.24) is 9.55 Å². The highest BCUT2D eigenvalue weighted by Gasteiger charge is 2.40. The van der Waals surface area contributed by atoms with Gasteiger partial charge in [0.05, 0.1) is 0 Å². The van der Waals surface area contributed by atoms with Crippen LogP contribution in [0.3, 0.4) is 0 Å². The summed E-state index contributed by atoms with van der Waals surface area (Å²) in [5.74, 6) is 2.92. The summed E-state index contributed by atoms with van der Waals surface area (Å²) in [6, 6.07) is 9.67. The maximum atomic E-state index is 12.5. The van der Waals surface area contributed by atoms with Crippen LogP contribution >= 0.6 is 0 Å². The number of nitrogens with zero attached hydrogens (tertiary/aromatic N) is 2. The van der Waals surface area contributed by atoms with Crippen molar-refractivity contribution in [2.75, 3.05) is 0 Å². The second kappa shape index (κ2) is 5.38. The maximum absolute atomic E-state index is 12.5. The van der Waals surface area contributed by atoms with Gasteiger partial charge in [-0.1, -0.05) is 18.9 Å². The third-order valence-corrected chi connectivity index (χ3v) is 5.58. The average molecular weight is 294 g/mol. The van der Waals surface area contributed by atoms with Gasteiger partial charge in [-0.15, -0.1) is 0 Å². The molecule has 2 aliphatic rings. The summed E-state index contributed by atoms with van der Waals surface area (Å²) in [7, 11) is 0. The Kier molecular flexibility index (Phi) is 3.36. The highest BCUT2D eigenvalue weighted by Crippen LogP contribution is 2.51. The fourth-order valence-electron chi connectivity index (χ4n) is 4.61. The van der Waals surface area contributed by atoms with Crippen molar-refractivity contribution in [3.63, 3.8) is 0 Å². The molecule has 2 aromatic heterocycles. The Morgan fingerprint density at radius 2 is 2.05 bits per heavy atom. The molecule has 0 spiro atoms. The van der Waals surface area contributed by atoms with E-state index in [2.05, 4.69) is 11.1 Å². The van der Waals surface area contributed by atoms with E-state index in [1.165, 1.54) is 37.8 Å². The minimum atomic E-state index is 0.0389. The zero-order valence-electron chi connectivity index (χ0n) is 13.0. The summed E-state index contributed by atoms with van der Waals surface area (Å²) in [6.07, 6.45) is 8.37. The Labute approximate surface area is 131 Å². The lowest BCUT2D eigenvalue weighted by Gasteiger charge is -2.22. The SMILES string of the molecule is Cc1ccnc(-n2c(C3CC[C@H]4CCC[C@@H]34)cccc2=O)c1. The Bertz CT molecular complexity index is 749. The largest absolute Gasteiger partial charge is 0.269 e. The molecular weight excluding hydrogens is 272 g/mol. The summed E-state index contributed by atoms with van der Waals surface area (Å²) >= 11 is 0. The van der Waals surface area contributed by atoms with Gasteiger partial charge in [-0.3, -0.25) is 9.36 Å². The van der Waals surface area contributed by atoms with E-state index in [0.717, 1.165) is 23.2 Å². The molecule has 2 saturated carbocycles. The Morgan fingerprint density at radius 3 is 2.91 bits per heavy atom. The second-order valence-electron chi connectivity index (χ2n) is 6.85. The Hall–Kier alpha value is -1.90. The van der Waals surface area contributed by atoms with Crippen LogP contribution in [-0.4, -0.2) is 9.55 Å². The van der Waals surface area contributed by atoms with E-state index in [-0.39, 0.29) is 5.56 Å². The molecule has 2 aliphatic carbocycles. The number of aryl methyl sites for hydroxylation is 1. The molecule has 3 heteroatoms. The second-order valence-corrected chi connectivity index (χ2v) is 6.85. The van der Waals surface area contributed by atoms with Gasteiger partial charge in [-0.25, -0.2) is 4.98 Å². The van der Waals surface area contributed by atoms with E-state index < -0.39 is 0 Å². The van der Waals surface area contributed by atoms with Gasteiger partial charge in [0.25, 0.3) is 5.56 Å². The fourth-order valence-corrected chi connectivity index (χ4v) is 4.61. The van der Waals surface area contributed by atoms with Crippen LogP contribution in [0.4, 0.5) is 0 Å². The van der Waals surface area contributed by atoms with Crippen LogP contribution in [0.5, 0.6) is 0 Å². The quantitative estimate of drug-likeness (QED) is 0.843. The van der Waals surface area contributed by atoms with Crippen LogP contribution in [0.2, 0.25) is 0 Å². The van der Waals surface area contributed by atoms with Gasteiger partial charge in [-0.05, 0) is 61.8 Å². The van der Waals surface area contributed by atoms with Gasteiger partial charge in [0.15, 0.2) is 0 Å². The molecule has 2 aromatic rings. The van der Waals surface area contributed by atoms with E-state index in [9.17, 15) is 4.79 Å². The zero-order valence-corrected chi connectivity index (χ0v) is 13.0. The van der Waals surface area contributed by atoms with Gasteiger partial charge < -0.3 is 0 Å². The number of rotatable bonds is 2. The molecule has 0 aromatic carbocycles. The first kappa shape index (κ1) is 13.7. The Morgan fingerprint density at radius 1 is 1.14 bits per heavy atom. The molecule has 3 nitrogen and oxygen atoms in total. The molecule has 0 radical (unpaired) electrons. The van der Waals surface area contributed by atoms with Crippen molar-refractivity contribution in [2.45, 2.75) is 44.9 Å². The lowest BCUT2D eigenvalue weighted by atomic mass is 9.89. The number of hydrogen-bond acceptors (Lipinski definition) is 2. The molecule has 0 bridgehead atoms. The van der Waals surface area contributed by atoms with E-state index in [1.54, 1.807) is 12.3 Å². The molecule has 114 valence electrons. The molecule has 3 atom stereocenters. The van der Waals surface area contributed by atoms with Crippen LogP contribution in [0, 0.1) is 18.8 Å². The normalized spacial score (nSPS) is 27.0. The van der Waals surface area contributed by atoms with Gasteiger partial charge >= 0.3 is 0 Å². The third-order valence-electron chi connectivity index (χ3n) is 5.58. The molecule has 2 heterocycles. The van der Waals surface area contributed by atoms with Gasteiger partial charge in [-0.2, -0.15) is 0 Å². The van der Waals surface area contributed by atoms with Crippen molar-refractivity contribution >= 4 is 0 Å². The average Bonchev–Trinajstić information content (AvgIpc) is 3.09. The van der Waals surface area contributed by atoms with E-state index in [0.29, 0.717) is 5.92 Å². The summed E-state index contributed by atoms with van der Waals surface area (Å²) in [6.45, 7) is 2.04. The summed E-state index contributed by atoms with van der Waals surface area (Å²) in [4.78, 5) is 17.0. The molecule has 0 amide bonds. The molecule has 22 heavy (non-hydrogen) atoms. The van der Waals surface area contributed by atoms with Crippen LogP contribution < -0.4 is 5.56 Å².